The molecule has 1 saturated heterocycles. The van der Waals surface area contributed by atoms with Crippen LogP contribution in [0.15, 0.2) is 48.5 Å². The van der Waals surface area contributed by atoms with Gasteiger partial charge < -0.3 is 15.0 Å². The van der Waals surface area contributed by atoms with E-state index in [1.54, 1.807) is 29.2 Å². The minimum Gasteiger partial charge on any atom is -0.452 e. The van der Waals surface area contributed by atoms with Crippen molar-refractivity contribution in [2.24, 2.45) is 5.92 Å². The lowest BCUT2D eigenvalue weighted by molar-refractivity contribution is -0.157. The Bertz CT molecular complexity index is 1020. The third kappa shape index (κ3) is 5.17. The van der Waals surface area contributed by atoms with Crippen molar-refractivity contribution in [3.8, 4) is 0 Å². The second-order valence-electron chi connectivity index (χ2n) is 7.59. The van der Waals surface area contributed by atoms with Crippen LogP contribution < -0.4 is 10.2 Å². The molecule has 0 spiro atoms. The van der Waals surface area contributed by atoms with Gasteiger partial charge in [0.2, 0.25) is 5.91 Å². The van der Waals surface area contributed by atoms with Crippen molar-refractivity contribution < 1.29 is 23.9 Å². The minimum atomic E-state index is -1.04. The van der Waals surface area contributed by atoms with Crippen LogP contribution in [0.4, 0.5) is 11.4 Å². The van der Waals surface area contributed by atoms with Gasteiger partial charge in [-0.05, 0) is 44.0 Å². The van der Waals surface area contributed by atoms with Gasteiger partial charge in [-0.25, -0.2) is 0 Å². The first-order valence-corrected chi connectivity index (χ1v) is 10.3. The van der Waals surface area contributed by atoms with Crippen LogP contribution in [0.2, 0.25) is 0 Å². The first-order valence-electron chi connectivity index (χ1n) is 10.3. The molecule has 2 aromatic rings. The number of esters is 1. The molecule has 1 fully saturated rings. The number of carbonyl (C=O) groups excluding carboxylic acids is 4. The number of amides is 2. The second-order valence-corrected chi connectivity index (χ2v) is 7.59. The highest BCUT2D eigenvalue weighted by Gasteiger charge is 2.37. The van der Waals surface area contributed by atoms with Crippen molar-refractivity contribution in [1.82, 2.24) is 0 Å². The zero-order valence-corrected chi connectivity index (χ0v) is 17.9. The molecule has 0 unspecified atom stereocenters. The molecular formula is C24H26N2O5. The fourth-order valence-corrected chi connectivity index (χ4v) is 3.56. The fraction of sp³-hybridized carbons (Fsp3) is 0.333. The number of hydrogen-bond donors (Lipinski definition) is 1. The predicted octanol–water partition coefficient (Wildman–Crippen LogP) is 3.37. The number of nitrogens with one attached hydrogen (secondary N) is 1. The summed E-state index contributed by atoms with van der Waals surface area (Å²) in [5.41, 5.74) is 2.75. The van der Waals surface area contributed by atoms with Crippen molar-refractivity contribution in [3.05, 3.63) is 59.7 Å². The highest BCUT2D eigenvalue weighted by molar-refractivity contribution is 6.01. The normalized spacial score (nSPS) is 16.7. The summed E-state index contributed by atoms with van der Waals surface area (Å²) < 4.78 is 5.34. The van der Waals surface area contributed by atoms with Crippen LogP contribution in [0.1, 0.15) is 43.1 Å². The standard InChI is InChI=1S/C24H26N2O5/c1-4-17-8-5-6-11-21(17)26-14-19(13-22(26)28)24(30)31-16(3)23(29)25-20-10-7-9-18(12-20)15(2)27/h5-12,16,19H,4,13-14H2,1-3H3,(H,25,29)/t16-,19-/m0/s1. The van der Waals surface area contributed by atoms with Crippen molar-refractivity contribution in [3.63, 3.8) is 0 Å². The van der Waals surface area contributed by atoms with E-state index in [1.807, 2.05) is 31.2 Å². The number of carbonyl (C=O) groups is 4. The Labute approximate surface area is 181 Å². The van der Waals surface area contributed by atoms with Crippen LogP contribution in [0, 0.1) is 5.92 Å². The third-order valence-corrected chi connectivity index (χ3v) is 5.32. The molecule has 0 aromatic heterocycles. The fourth-order valence-electron chi connectivity index (χ4n) is 3.56. The topological polar surface area (TPSA) is 92.8 Å². The molecule has 31 heavy (non-hydrogen) atoms. The monoisotopic (exact) mass is 422 g/mol. The maximum atomic E-state index is 12.6. The summed E-state index contributed by atoms with van der Waals surface area (Å²) >= 11 is 0. The number of ether oxygens (including phenoxy) is 1. The molecule has 3 rings (SSSR count). The van der Waals surface area contributed by atoms with Gasteiger partial charge in [0.1, 0.15) is 0 Å². The molecule has 1 aliphatic rings. The lowest BCUT2D eigenvalue weighted by Crippen LogP contribution is -2.33. The largest absolute Gasteiger partial charge is 0.452 e. The van der Waals surface area contributed by atoms with E-state index in [0.29, 0.717) is 11.3 Å². The number of rotatable bonds is 7. The lowest BCUT2D eigenvalue weighted by Gasteiger charge is -2.20. The molecule has 7 nitrogen and oxygen atoms in total. The molecule has 162 valence electrons. The van der Waals surface area contributed by atoms with E-state index in [0.717, 1.165) is 17.7 Å². The Morgan fingerprint density at radius 1 is 1.16 bits per heavy atom. The molecule has 0 bridgehead atoms. The van der Waals surface area contributed by atoms with Gasteiger partial charge in [-0.3, -0.25) is 19.2 Å². The first-order chi connectivity index (χ1) is 14.8. The third-order valence-electron chi connectivity index (χ3n) is 5.32. The van der Waals surface area contributed by atoms with E-state index in [9.17, 15) is 19.2 Å². The van der Waals surface area contributed by atoms with Crippen LogP contribution in [-0.4, -0.2) is 36.2 Å². The SMILES string of the molecule is CCc1ccccc1N1C[C@@H](C(=O)O[C@@H](C)C(=O)Nc2cccc(C(C)=O)c2)CC1=O. The predicted molar refractivity (Wildman–Crippen MR) is 117 cm³/mol. The van der Waals surface area contributed by atoms with Crippen molar-refractivity contribution in [2.75, 3.05) is 16.8 Å². The molecule has 7 heteroatoms. The molecule has 0 aliphatic carbocycles. The molecule has 1 heterocycles. The number of ketones is 1. The van der Waals surface area contributed by atoms with E-state index in [1.165, 1.54) is 13.8 Å². The summed E-state index contributed by atoms with van der Waals surface area (Å²) in [4.78, 5) is 50.7. The number of para-hydroxylation sites is 1. The summed E-state index contributed by atoms with van der Waals surface area (Å²) in [6, 6.07) is 14.1. The Balaban J connectivity index is 1.61. The van der Waals surface area contributed by atoms with Crippen molar-refractivity contribution >= 4 is 34.9 Å². The van der Waals surface area contributed by atoms with E-state index in [4.69, 9.17) is 4.74 Å². The number of nitrogens with zero attached hydrogens (tertiary/aromatic N) is 1. The van der Waals surface area contributed by atoms with Crippen molar-refractivity contribution in [2.45, 2.75) is 39.7 Å². The van der Waals surface area contributed by atoms with Gasteiger partial charge in [0.15, 0.2) is 11.9 Å². The van der Waals surface area contributed by atoms with E-state index < -0.39 is 23.9 Å². The summed E-state index contributed by atoms with van der Waals surface area (Å²) in [6.07, 6.45) is -0.219. The number of Topliss-reactive ketones (excluding diaryl/α,β-unsaturated/α-hetero) is 1. The average molecular weight is 422 g/mol. The number of hydrogen-bond acceptors (Lipinski definition) is 5. The van der Waals surface area contributed by atoms with Crippen LogP contribution in [0.3, 0.4) is 0 Å². The molecule has 2 atom stereocenters. The summed E-state index contributed by atoms with van der Waals surface area (Å²) in [6.45, 7) is 5.15. The maximum absolute atomic E-state index is 12.6. The average Bonchev–Trinajstić information content (AvgIpc) is 3.15. The maximum Gasteiger partial charge on any atom is 0.312 e. The zero-order valence-electron chi connectivity index (χ0n) is 17.9. The first kappa shape index (κ1) is 22.2. The van der Waals surface area contributed by atoms with Gasteiger partial charge in [-0.1, -0.05) is 37.3 Å². The van der Waals surface area contributed by atoms with E-state index >= 15 is 0 Å². The van der Waals surface area contributed by atoms with Gasteiger partial charge in [0.05, 0.1) is 5.92 Å². The molecule has 0 saturated carbocycles. The molecular weight excluding hydrogens is 396 g/mol. The van der Waals surface area contributed by atoms with Gasteiger partial charge in [-0.15, -0.1) is 0 Å². The Hall–Kier alpha value is -3.48. The summed E-state index contributed by atoms with van der Waals surface area (Å²) in [5, 5.41) is 2.65. The number of benzene rings is 2. The van der Waals surface area contributed by atoms with Crippen LogP contribution in [0.25, 0.3) is 0 Å². The lowest BCUT2D eigenvalue weighted by atomic mass is 10.1. The highest BCUT2D eigenvalue weighted by atomic mass is 16.5. The molecule has 1 aliphatic heterocycles. The summed E-state index contributed by atoms with van der Waals surface area (Å²) in [5.74, 6) is -1.97. The van der Waals surface area contributed by atoms with Gasteiger partial charge in [-0.2, -0.15) is 0 Å². The second kappa shape index (κ2) is 9.55. The quantitative estimate of drug-likeness (QED) is 0.545. The van der Waals surface area contributed by atoms with E-state index in [-0.39, 0.29) is 24.7 Å². The minimum absolute atomic E-state index is 0.0475. The smallest absolute Gasteiger partial charge is 0.312 e. The highest BCUT2D eigenvalue weighted by Crippen LogP contribution is 2.29. The van der Waals surface area contributed by atoms with Gasteiger partial charge >= 0.3 is 5.97 Å². The van der Waals surface area contributed by atoms with Crippen LogP contribution >= 0.6 is 0 Å². The van der Waals surface area contributed by atoms with Crippen LogP contribution in [0.5, 0.6) is 0 Å². The van der Waals surface area contributed by atoms with E-state index in [2.05, 4.69) is 5.32 Å². The molecule has 1 N–H and O–H groups in total. The van der Waals surface area contributed by atoms with Gasteiger partial charge in [0, 0.05) is 29.9 Å². The van der Waals surface area contributed by atoms with Crippen molar-refractivity contribution in [1.29, 1.82) is 0 Å². The summed E-state index contributed by atoms with van der Waals surface area (Å²) in [7, 11) is 0. The van der Waals surface area contributed by atoms with Crippen LogP contribution in [-0.2, 0) is 25.5 Å². The Morgan fingerprint density at radius 3 is 2.61 bits per heavy atom. The Kier molecular flexibility index (Phi) is 6.84. The zero-order chi connectivity index (χ0) is 22.5. The van der Waals surface area contributed by atoms with Gasteiger partial charge in [0.25, 0.3) is 5.91 Å². The number of aryl methyl sites for hydroxylation is 1. The number of anilines is 2. The molecule has 2 aromatic carbocycles. The Morgan fingerprint density at radius 2 is 1.90 bits per heavy atom. The molecule has 0 radical (unpaired) electrons. The molecule has 2 amide bonds.